The second-order valence-electron chi connectivity index (χ2n) is 6.40. The van der Waals surface area contributed by atoms with E-state index in [-0.39, 0.29) is 23.3 Å². The van der Waals surface area contributed by atoms with Crippen LogP contribution in [0, 0.1) is 11.3 Å². The maximum atomic E-state index is 12.2. The summed E-state index contributed by atoms with van der Waals surface area (Å²) in [7, 11) is 1.73. The zero-order chi connectivity index (χ0) is 13.4. The van der Waals surface area contributed by atoms with Gasteiger partial charge in [-0.15, -0.1) is 0 Å². The van der Waals surface area contributed by atoms with Gasteiger partial charge in [-0.05, 0) is 17.8 Å². The minimum absolute atomic E-state index is 0.0164. The standard InChI is InChI=1S/C13H24N2O2/c1-8(2)7-9-11(16)14-10(13(3,4)5)12(17)15(9)6/h8-10H,7H2,1-6H3,(H,14,16). The van der Waals surface area contributed by atoms with Crippen LogP contribution in [0.5, 0.6) is 0 Å². The van der Waals surface area contributed by atoms with Gasteiger partial charge in [0, 0.05) is 7.05 Å². The lowest BCUT2D eigenvalue weighted by Crippen LogP contribution is -2.65. The molecule has 1 rings (SSSR count). The second-order valence-corrected chi connectivity index (χ2v) is 6.40. The summed E-state index contributed by atoms with van der Waals surface area (Å²) in [6, 6.07) is -0.732. The van der Waals surface area contributed by atoms with E-state index in [4.69, 9.17) is 0 Å². The largest absolute Gasteiger partial charge is 0.342 e. The van der Waals surface area contributed by atoms with Gasteiger partial charge in [-0.2, -0.15) is 0 Å². The molecule has 0 saturated carbocycles. The number of amides is 2. The second kappa shape index (κ2) is 4.67. The number of carbonyl (C=O) groups is 2. The molecule has 0 aromatic heterocycles. The van der Waals surface area contributed by atoms with Gasteiger partial charge in [-0.25, -0.2) is 0 Å². The Morgan fingerprint density at radius 1 is 1.29 bits per heavy atom. The molecule has 1 aliphatic heterocycles. The molecule has 0 radical (unpaired) electrons. The van der Waals surface area contributed by atoms with Crippen LogP contribution in [0.4, 0.5) is 0 Å². The van der Waals surface area contributed by atoms with Gasteiger partial charge in [0.15, 0.2) is 0 Å². The van der Waals surface area contributed by atoms with E-state index < -0.39 is 6.04 Å². The fourth-order valence-electron chi connectivity index (χ4n) is 2.13. The summed E-state index contributed by atoms with van der Waals surface area (Å²) < 4.78 is 0. The van der Waals surface area contributed by atoms with Crippen molar-refractivity contribution in [3.63, 3.8) is 0 Å². The van der Waals surface area contributed by atoms with E-state index in [9.17, 15) is 9.59 Å². The van der Waals surface area contributed by atoms with Crippen molar-refractivity contribution >= 4 is 11.8 Å². The topological polar surface area (TPSA) is 49.4 Å². The lowest BCUT2D eigenvalue weighted by Gasteiger charge is -2.42. The molecule has 98 valence electrons. The summed E-state index contributed by atoms with van der Waals surface area (Å²) in [5.74, 6) is 0.385. The Kier molecular flexibility index (Phi) is 3.84. The Morgan fingerprint density at radius 2 is 1.82 bits per heavy atom. The molecule has 2 atom stereocenters. The van der Waals surface area contributed by atoms with E-state index in [0.717, 1.165) is 0 Å². The first-order valence-corrected chi connectivity index (χ1v) is 6.21. The van der Waals surface area contributed by atoms with Crippen LogP contribution in [0.1, 0.15) is 41.0 Å². The highest BCUT2D eigenvalue weighted by Gasteiger charge is 2.43. The van der Waals surface area contributed by atoms with E-state index in [0.29, 0.717) is 12.3 Å². The maximum absolute atomic E-state index is 12.2. The first-order valence-electron chi connectivity index (χ1n) is 6.21. The summed E-state index contributed by atoms with van der Waals surface area (Å²) >= 11 is 0. The Balaban J connectivity index is 2.88. The van der Waals surface area contributed by atoms with Gasteiger partial charge in [0.2, 0.25) is 11.8 Å². The van der Waals surface area contributed by atoms with Crippen molar-refractivity contribution in [2.45, 2.75) is 53.1 Å². The molecular formula is C13H24N2O2. The molecule has 0 spiro atoms. The fraction of sp³-hybridized carbons (Fsp3) is 0.846. The van der Waals surface area contributed by atoms with Gasteiger partial charge in [0.1, 0.15) is 12.1 Å². The van der Waals surface area contributed by atoms with Crippen molar-refractivity contribution in [1.82, 2.24) is 10.2 Å². The number of carbonyl (C=O) groups excluding carboxylic acids is 2. The fourth-order valence-corrected chi connectivity index (χ4v) is 2.13. The molecule has 2 unspecified atom stereocenters. The summed E-state index contributed by atoms with van der Waals surface area (Å²) in [6.45, 7) is 10.0. The lowest BCUT2D eigenvalue weighted by molar-refractivity contribution is -0.151. The monoisotopic (exact) mass is 240 g/mol. The van der Waals surface area contributed by atoms with Gasteiger partial charge in [0.25, 0.3) is 0 Å². The van der Waals surface area contributed by atoms with Crippen molar-refractivity contribution < 1.29 is 9.59 Å². The molecule has 0 aliphatic carbocycles. The molecular weight excluding hydrogens is 216 g/mol. The number of nitrogens with one attached hydrogen (secondary N) is 1. The molecule has 1 heterocycles. The minimum Gasteiger partial charge on any atom is -0.342 e. The molecule has 1 saturated heterocycles. The van der Waals surface area contributed by atoms with Crippen LogP contribution < -0.4 is 5.32 Å². The van der Waals surface area contributed by atoms with Crippen molar-refractivity contribution in [3.8, 4) is 0 Å². The van der Waals surface area contributed by atoms with Crippen molar-refractivity contribution in [1.29, 1.82) is 0 Å². The number of hydrogen-bond donors (Lipinski definition) is 1. The predicted octanol–water partition coefficient (Wildman–Crippen LogP) is 1.40. The quantitative estimate of drug-likeness (QED) is 0.793. The molecule has 2 amide bonds. The summed E-state index contributed by atoms with van der Waals surface area (Å²) in [5.41, 5.74) is -0.246. The van der Waals surface area contributed by atoms with Crippen LogP contribution in [-0.4, -0.2) is 35.8 Å². The Morgan fingerprint density at radius 3 is 2.24 bits per heavy atom. The van der Waals surface area contributed by atoms with Crippen LogP contribution in [0.25, 0.3) is 0 Å². The van der Waals surface area contributed by atoms with Gasteiger partial charge in [-0.3, -0.25) is 9.59 Å². The van der Waals surface area contributed by atoms with Crippen molar-refractivity contribution in [3.05, 3.63) is 0 Å². The van der Waals surface area contributed by atoms with E-state index in [1.807, 2.05) is 20.8 Å². The highest BCUT2D eigenvalue weighted by molar-refractivity contribution is 5.97. The summed E-state index contributed by atoms with van der Waals surface area (Å²) in [4.78, 5) is 25.9. The van der Waals surface area contributed by atoms with Crippen molar-refractivity contribution in [2.75, 3.05) is 7.05 Å². The number of rotatable bonds is 2. The third-order valence-corrected chi connectivity index (χ3v) is 3.21. The number of likely N-dealkylation sites (N-methyl/N-ethyl adjacent to an activating group) is 1. The molecule has 0 bridgehead atoms. The highest BCUT2D eigenvalue weighted by atomic mass is 16.2. The Bertz CT molecular complexity index is 318. The molecule has 1 N–H and O–H groups in total. The van der Waals surface area contributed by atoms with Gasteiger partial charge in [-0.1, -0.05) is 34.6 Å². The Labute approximate surface area is 104 Å². The van der Waals surface area contributed by atoms with E-state index in [2.05, 4.69) is 19.2 Å². The lowest BCUT2D eigenvalue weighted by atomic mass is 9.83. The van der Waals surface area contributed by atoms with Crippen LogP contribution in [0.3, 0.4) is 0 Å². The molecule has 0 aromatic carbocycles. The van der Waals surface area contributed by atoms with Gasteiger partial charge in [0.05, 0.1) is 0 Å². The van der Waals surface area contributed by atoms with E-state index >= 15 is 0 Å². The minimum atomic E-state index is -0.414. The summed E-state index contributed by atoms with van der Waals surface area (Å²) in [6.07, 6.45) is 0.713. The average Bonchev–Trinajstić information content (AvgIpc) is 2.16. The molecule has 0 aromatic rings. The third-order valence-electron chi connectivity index (χ3n) is 3.21. The molecule has 17 heavy (non-hydrogen) atoms. The van der Waals surface area contributed by atoms with Gasteiger partial charge < -0.3 is 10.2 Å². The Hall–Kier alpha value is -1.06. The normalized spacial score (nSPS) is 26.4. The van der Waals surface area contributed by atoms with Gasteiger partial charge >= 0.3 is 0 Å². The first kappa shape index (κ1) is 14.0. The number of hydrogen-bond acceptors (Lipinski definition) is 2. The number of nitrogens with zero attached hydrogens (tertiary/aromatic N) is 1. The molecule has 1 aliphatic rings. The molecule has 4 heteroatoms. The maximum Gasteiger partial charge on any atom is 0.246 e. The smallest absolute Gasteiger partial charge is 0.246 e. The van der Waals surface area contributed by atoms with Crippen LogP contribution >= 0.6 is 0 Å². The zero-order valence-corrected chi connectivity index (χ0v) is 11.7. The summed E-state index contributed by atoms with van der Waals surface area (Å²) in [5, 5.41) is 2.86. The van der Waals surface area contributed by atoms with Crippen LogP contribution in [0.15, 0.2) is 0 Å². The average molecular weight is 240 g/mol. The highest BCUT2D eigenvalue weighted by Crippen LogP contribution is 2.26. The van der Waals surface area contributed by atoms with Crippen molar-refractivity contribution in [2.24, 2.45) is 11.3 Å². The van der Waals surface area contributed by atoms with Crippen LogP contribution in [0.2, 0.25) is 0 Å². The van der Waals surface area contributed by atoms with Crippen LogP contribution in [-0.2, 0) is 9.59 Å². The number of piperazine rings is 1. The zero-order valence-electron chi connectivity index (χ0n) is 11.7. The molecule has 1 fully saturated rings. The third kappa shape index (κ3) is 2.99. The SMILES string of the molecule is CC(C)CC1C(=O)NC(C(C)(C)C)C(=O)N1C. The van der Waals surface area contributed by atoms with E-state index in [1.54, 1.807) is 11.9 Å². The predicted molar refractivity (Wildman–Crippen MR) is 67.4 cm³/mol. The first-order chi connectivity index (χ1) is 7.64. The molecule has 4 nitrogen and oxygen atoms in total. The van der Waals surface area contributed by atoms with E-state index in [1.165, 1.54) is 0 Å².